The minimum atomic E-state index is -0.484. The van der Waals surface area contributed by atoms with Gasteiger partial charge in [-0.25, -0.2) is 4.39 Å². The number of benzene rings is 1. The Bertz CT molecular complexity index is 681. The van der Waals surface area contributed by atoms with E-state index < -0.39 is 5.82 Å². The Balaban J connectivity index is 2.57. The van der Waals surface area contributed by atoms with Gasteiger partial charge in [-0.2, -0.15) is 9.64 Å². The molecule has 1 aromatic heterocycles. The maximum absolute atomic E-state index is 13.9. The molecule has 0 saturated carbocycles. The minimum absolute atomic E-state index is 0.173. The molecular weight excluding hydrogens is 297 g/mol. The van der Waals surface area contributed by atoms with Gasteiger partial charge in [-0.1, -0.05) is 17.7 Å². The SMILES string of the molecule is CN(C)/C=C/c1snc(-c2c(F)cccc2Cl)c1C#N. The summed E-state index contributed by atoms with van der Waals surface area (Å²) < 4.78 is 18.1. The Kier molecular flexibility index (Phi) is 4.38. The Hall–Kier alpha value is -1.90. The van der Waals surface area contributed by atoms with Crippen molar-refractivity contribution in [1.29, 1.82) is 5.26 Å². The molecule has 0 unspecified atom stereocenters. The number of halogens is 2. The highest BCUT2D eigenvalue weighted by atomic mass is 35.5. The van der Waals surface area contributed by atoms with E-state index in [2.05, 4.69) is 10.4 Å². The second-order valence-corrected chi connectivity index (χ2v) is 5.47. The summed E-state index contributed by atoms with van der Waals surface area (Å²) in [6, 6.07) is 6.48. The van der Waals surface area contributed by atoms with Crippen molar-refractivity contribution in [2.45, 2.75) is 0 Å². The van der Waals surface area contributed by atoms with Crippen LogP contribution in [0.15, 0.2) is 24.4 Å². The van der Waals surface area contributed by atoms with Crippen LogP contribution in [-0.4, -0.2) is 23.4 Å². The van der Waals surface area contributed by atoms with Crippen LogP contribution in [0.1, 0.15) is 10.4 Å². The lowest BCUT2D eigenvalue weighted by atomic mass is 10.1. The van der Waals surface area contributed by atoms with Crippen molar-refractivity contribution in [3.8, 4) is 17.3 Å². The van der Waals surface area contributed by atoms with Crippen LogP contribution in [0.5, 0.6) is 0 Å². The first-order valence-electron chi connectivity index (χ1n) is 5.73. The Morgan fingerprint density at radius 3 is 2.80 bits per heavy atom. The first-order chi connectivity index (χ1) is 9.54. The number of hydrogen-bond acceptors (Lipinski definition) is 4. The minimum Gasteiger partial charge on any atom is -0.383 e. The van der Waals surface area contributed by atoms with Gasteiger partial charge in [0.05, 0.1) is 21.0 Å². The molecule has 2 rings (SSSR count). The van der Waals surface area contributed by atoms with E-state index >= 15 is 0 Å². The molecule has 3 nitrogen and oxygen atoms in total. The van der Waals surface area contributed by atoms with Crippen LogP contribution in [0.3, 0.4) is 0 Å². The van der Waals surface area contributed by atoms with Gasteiger partial charge in [-0.3, -0.25) is 0 Å². The molecule has 0 saturated heterocycles. The molecule has 0 radical (unpaired) electrons. The quantitative estimate of drug-likeness (QED) is 0.860. The highest BCUT2D eigenvalue weighted by Gasteiger charge is 2.19. The third kappa shape index (κ3) is 2.82. The maximum Gasteiger partial charge on any atom is 0.134 e. The zero-order valence-corrected chi connectivity index (χ0v) is 12.5. The first kappa shape index (κ1) is 14.5. The molecule has 6 heteroatoms. The third-order valence-corrected chi connectivity index (χ3v) is 3.68. The summed E-state index contributed by atoms with van der Waals surface area (Å²) >= 11 is 7.16. The van der Waals surface area contributed by atoms with Gasteiger partial charge in [-0.05, 0) is 29.7 Å². The normalized spacial score (nSPS) is 10.8. The van der Waals surface area contributed by atoms with Crippen molar-refractivity contribution in [2.75, 3.05) is 14.1 Å². The molecule has 0 aliphatic rings. The average Bonchev–Trinajstić information content (AvgIpc) is 2.79. The molecule has 102 valence electrons. The molecule has 0 bridgehead atoms. The molecule has 1 aromatic carbocycles. The summed E-state index contributed by atoms with van der Waals surface area (Å²) in [6.07, 6.45) is 3.58. The Morgan fingerprint density at radius 1 is 1.45 bits per heavy atom. The topological polar surface area (TPSA) is 39.9 Å². The van der Waals surface area contributed by atoms with Crippen molar-refractivity contribution in [1.82, 2.24) is 9.27 Å². The molecule has 1 heterocycles. The van der Waals surface area contributed by atoms with Crippen molar-refractivity contribution < 1.29 is 4.39 Å². The molecule has 0 N–H and O–H groups in total. The van der Waals surface area contributed by atoms with Crippen LogP contribution in [0, 0.1) is 17.1 Å². The molecule has 0 aliphatic carbocycles. The Labute approximate surface area is 125 Å². The van der Waals surface area contributed by atoms with Gasteiger partial charge in [0, 0.05) is 20.3 Å². The third-order valence-electron chi connectivity index (χ3n) is 2.55. The fourth-order valence-corrected chi connectivity index (χ4v) is 2.62. The summed E-state index contributed by atoms with van der Waals surface area (Å²) in [5.41, 5.74) is 0.797. The summed E-state index contributed by atoms with van der Waals surface area (Å²) in [5, 5.41) is 9.55. The van der Waals surface area contributed by atoms with E-state index in [0.717, 1.165) is 11.5 Å². The largest absolute Gasteiger partial charge is 0.383 e. The molecular formula is C14H11ClFN3S. The second-order valence-electron chi connectivity index (χ2n) is 4.26. The van der Waals surface area contributed by atoms with E-state index in [1.54, 1.807) is 18.3 Å². The number of nitriles is 1. The van der Waals surface area contributed by atoms with Crippen molar-refractivity contribution in [3.63, 3.8) is 0 Å². The van der Waals surface area contributed by atoms with Crippen LogP contribution in [0.4, 0.5) is 4.39 Å². The van der Waals surface area contributed by atoms with Crippen molar-refractivity contribution >= 4 is 29.2 Å². The predicted molar refractivity (Wildman–Crippen MR) is 80.0 cm³/mol. The van der Waals surface area contributed by atoms with E-state index in [4.69, 9.17) is 11.6 Å². The summed E-state index contributed by atoms with van der Waals surface area (Å²) in [4.78, 5) is 2.52. The van der Waals surface area contributed by atoms with Crippen LogP contribution in [-0.2, 0) is 0 Å². The lowest BCUT2D eigenvalue weighted by molar-refractivity contribution is 0.567. The van der Waals surface area contributed by atoms with Gasteiger partial charge in [0.1, 0.15) is 17.6 Å². The lowest BCUT2D eigenvalue weighted by Crippen LogP contribution is -1.99. The second kappa shape index (κ2) is 6.04. The monoisotopic (exact) mass is 307 g/mol. The smallest absolute Gasteiger partial charge is 0.134 e. The fourth-order valence-electron chi connectivity index (χ4n) is 1.64. The molecule has 0 spiro atoms. The van der Waals surface area contributed by atoms with Crippen molar-refractivity contribution in [2.24, 2.45) is 0 Å². The summed E-state index contributed by atoms with van der Waals surface area (Å²) in [7, 11) is 3.75. The molecule has 0 aliphatic heterocycles. The van der Waals surface area contributed by atoms with Crippen LogP contribution in [0.25, 0.3) is 17.3 Å². The number of hydrogen-bond donors (Lipinski definition) is 0. The summed E-state index contributed by atoms with van der Waals surface area (Å²) in [6.45, 7) is 0. The molecule has 0 fully saturated rings. The van der Waals surface area contributed by atoms with Gasteiger partial charge in [0.25, 0.3) is 0 Å². The van der Waals surface area contributed by atoms with Gasteiger partial charge >= 0.3 is 0 Å². The predicted octanol–water partition coefficient (Wildman–Crippen LogP) is 4.01. The maximum atomic E-state index is 13.9. The molecule has 2 aromatic rings. The van der Waals surface area contributed by atoms with Gasteiger partial charge < -0.3 is 4.90 Å². The van der Waals surface area contributed by atoms with Gasteiger partial charge in [-0.15, -0.1) is 0 Å². The zero-order chi connectivity index (χ0) is 14.7. The molecule has 20 heavy (non-hydrogen) atoms. The van der Waals surface area contributed by atoms with Gasteiger partial charge in [0.2, 0.25) is 0 Å². The first-order valence-corrected chi connectivity index (χ1v) is 6.88. The van der Waals surface area contributed by atoms with E-state index in [9.17, 15) is 9.65 Å². The number of rotatable bonds is 3. The number of nitrogens with zero attached hydrogens (tertiary/aromatic N) is 3. The molecule has 0 amide bonds. The van der Waals surface area contributed by atoms with E-state index in [-0.39, 0.29) is 10.6 Å². The van der Waals surface area contributed by atoms with E-state index in [1.165, 1.54) is 12.1 Å². The standard InChI is InChI=1S/C14H11ClFN3S/c1-19(2)7-6-12-9(8-17)14(18-20-12)13-10(15)4-3-5-11(13)16/h3-7H,1-2H3/b7-6+. The van der Waals surface area contributed by atoms with E-state index in [0.29, 0.717) is 16.1 Å². The van der Waals surface area contributed by atoms with Crippen molar-refractivity contribution in [3.05, 3.63) is 45.7 Å². The average molecular weight is 308 g/mol. The fraction of sp³-hybridized carbons (Fsp3) is 0.143. The highest BCUT2D eigenvalue weighted by Crippen LogP contribution is 2.35. The van der Waals surface area contributed by atoms with E-state index in [1.807, 2.05) is 19.0 Å². The van der Waals surface area contributed by atoms with Gasteiger partial charge in [0.15, 0.2) is 0 Å². The van der Waals surface area contributed by atoms with Crippen LogP contribution >= 0.6 is 23.1 Å². The zero-order valence-electron chi connectivity index (χ0n) is 10.9. The van der Waals surface area contributed by atoms with Crippen LogP contribution < -0.4 is 0 Å². The summed E-state index contributed by atoms with van der Waals surface area (Å²) in [5.74, 6) is -0.484. The Morgan fingerprint density at radius 2 is 2.20 bits per heavy atom. The lowest BCUT2D eigenvalue weighted by Gasteiger charge is -2.03. The van der Waals surface area contributed by atoms with Crippen LogP contribution in [0.2, 0.25) is 5.02 Å². The number of aromatic nitrogens is 1. The molecule has 0 atom stereocenters. The highest BCUT2D eigenvalue weighted by molar-refractivity contribution is 7.07.